The van der Waals surface area contributed by atoms with Crippen LogP contribution in [0.1, 0.15) is 53.6 Å². The van der Waals surface area contributed by atoms with Gasteiger partial charge in [-0.2, -0.15) is 4.98 Å². The first-order valence-electron chi connectivity index (χ1n) is 7.92. The van der Waals surface area contributed by atoms with Crippen molar-refractivity contribution < 1.29 is 18.8 Å². The molecule has 0 bridgehead atoms. The van der Waals surface area contributed by atoms with Gasteiger partial charge in [-0.3, -0.25) is 4.79 Å². The third-order valence-electron chi connectivity index (χ3n) is 3.19. The number of hydrogen-bond donors (Lipinski definition) is 1. The minimum atomic E-state index is -0.366. The molecular formula is C16H21N3O4S. The molecule has 0 aromatic carbocycles. The van der Waals surface area contributed by atoms with Gasteiger partial charge in [0.1, 0.15) is 4.88 Å². The molecule has 1 N–H and O–H groups in total. The number of thiophene rings is 1. The first kappa shape index (κ1) is 18.1. The summed E-state index contributed by atoms with van der Waals surface area (Å²) < 4.78 is 10.1. The van der Waals surface area contributed by atoms with Crippen LogP contribution in [0.15, 0.2) is 10.6 Å². The van der Waals surface area contributed by atoms with Crippen molar-refractivity contribution >= 4 is 28.2 Å². The summed E-state index contributed by atoms with van der Waals surface area (Å²) in [6.45, 7) is 5.93. The van der Waals surface area contributed by atoms with Gasteiger partial charge < -0.3 is 14.6 Å². The summed E-state index contributed by atoms with van der Waals surface area (Å²) in [5.74, 6) is 0.598. The highest BCUT2D eigenvalue weighted by Gasteiger charge is 2.16. The Bertz CT molecular complexity index is 708. The van der Waals surface area contributed by atoms with E-state index in [2.05, 4.69) is 15.5 Å². The van der Waals surface area contributed by atoms with E-state index in [1.807, 2.05) is 13.8 Å². The van der Waals surface area contributed by atoms with E-state index in [1.165, 1.54) is 11.3 Å². The van der Waals surface area contributed by atoms with Gasteiger partial charge in [0.2, 0.25) is 11.8 Å². The third-order valence-corrected chi connectivity index (χ3v) is 4.32. The van der Waals surface area contributed by atoms with Crippen LogP contribution in [0.5, 0.6) is 0 Å². The predicted octanol–water partition coefficient (Wildman–Crippen LogP) is 3.14. The number of aryl methyl sites for hydroxylation is 3. The Morgan fingerprint density at radius 1 is 1.33 bits per heavy atom. The summed E-state index contributed by atoms with van der Waals surface area (Å²) in [5.41, 5.74) is 0.787. The summed E-state index contributed by atoms with van der Waals surface area (Å²) in [5, 5.41) is 7.26. The van der Waals surface area contributed by atoms with Crippen molar-refractivity contribution in [2.75, 3.05) is 11.9 Å². The topological polar surface area (TPSA) is 94.3 Å². The highest BCUT2D eigenvalue weighted by atomic mass is 32.1. The van der Waals surface area contributed by atoms with Crippen molar-refractivity contribution in [3.8, 4) is 0 Å². The largest absolute Gasteiger partial charge is 0.462 e. The van der Waals surface area contributed by atoms with Gasteiger partial charge in [-0.15, -0.1) is 11.3 Å². The van der Waals surface area contributed by atoms with E-state index < -0.39 is 0 Å². The van der Waals surface area contributed by atoms with Crippen LogP contribution in [0.4, 0.5) is 5.00 Å². The molecule has 0 saturated heterocycles. The molecule has 2 aromatic rings. The Morgan fingerprint density at radius 3 is 2.83 bits per heavy atom. The van der Waals surface area contributed by atoms with Crippen LogP contribution in [-0.4, -0.2) is 28.6 Å². The number of amides is 1. The lowest BCUT2D eigenvalue weighted by Crippen LogP contribution is -2.11. The van der Waals surface area contributed by atoms with Crippen LogP contribution >= 0.6 is 11.3 Å². The van der Waals surface area contributed by atoms with Crippen LogP contribution in [0.2, 0.25) is 0 Å². The number of carbonyl (C=O) groups is 2. The zero-order valence-electron chi connectivity index (χ0n) is 14.0. The lowest BCUT2D eigenvalue weighted by atomic mass is 10.2. The minimum Gasteiger partial charge on any atom is -0.462 e. The van der Waals surface area contributed by atoms with Gasteiger partial charge in [0.15, 0.2) is 5.82 Å². The number of aromatic nitrogens is 2. The number of carbonyl (C=O) groups excluding carboxylic acids is 2. The second kappa shape index (κ2) is 8.58. The molecule has 2 rings (SSSR count). The number of hydrogen-bond acceptors (Lipinski definition) is 7. The zero-order chi connectivity index (χ0) is 17.5. The molecular weight excluding hydrogens is 330 g/mol. The van der Waals surface area contributed by atoms with Crippen molar-refractivity contribution in [3.63, 3.8) is 0 Å². The van der Waals surface area contributed by atoms with Gasteiger partial charge >= 0.3 is 5.97 Å². The first-order chi connectivity index (χ1) is 11.5. The maximum Gasteiger partial charge on any atom is 0.348 e. The van der Waals surface area contributed by atoms with Crippen LogP contribution < -0.4 is 5.32 Å². The zero-order valence-corrected chi connectivity index (χ0v) is 14.9. The Labute approximate surface area is 144 Å². The molecule has 7 nitrogen and oxygen atoms in total. The van der Waals surface area contributed by atoms with Gasteiger partial charge in [-0.25, -0.2) is 4.79 Å². The number of nitrogens with one attached hydrogen (secondary N) is 1. The summed E-state index contributed by atoms with van der Waals surface area (Å²) in [6.07, 6.45) is 2.33. The van der Waals surface area contributed by atoms with Crippen LogP contribution in [0.25, 0.3) is 0 Å². The van der Waals surface area contributed by atoms with Crippen molar-refractivity contribution in [1.82, 2.24) is 10.1 Å². The summed E-state index contributed by atoms with van der Waals surface area (Å²) in [6, 6.07) is 1.76. The molecule has 2 aromatic heterocycles. The van der Waals surface area contributed by atoms with Crippen molar-refractivity contribution in [2.45, 2.75) is 46.5 Å². The number of rotatable bonds is 8. The van der Waals surface area contributed by atoms with Gasteiger partial charge in [-0.05, 0) is 31.9 Å². The molecule has 0 spiro atoms. The molecule has 8 heteroatoms. The maximum atomic E-state index is 12.0. The van der Waals surface area contributed by atoms with Crippen molar-refractivity contribution in [2.24, 2.45) is 0 Å². The van der Waals surface area contributed by atoms with E-state index in [9.17, 15) is 9.59 Å². The fourth-order valence-corrected chi connectivity index (χ4v) is 3.06. The molecule has 1 amide bonds. The lowest BCUT2D eigenvalue weighted by molar-refractivity contribution is -0.116. The molecule has 130 valence electrons. The first-order valence-corrected chi connectivity index (χ1v) is 8.74. The number of esters is 1. The molecule has 0 aliphatic carbocycles. The average Bonchev–Trinajstić information content (AvgIpc) is 3.12. The second-order valence-corrected chi connectivity index (χ2v) is 6.30. The third kappa shape index (κ3) is 4.89. The van der Waals surface area contributed by atoms with Crippen LogP contribution in [0, 0.1) is 6.92 Å². The van der Waals surface area contributed by atoms with E-state index in [4.69, 9.17) is 9.26 Å². The second-order valence-electron chi connectivity index (χ2n) is 5.25. The smallest absolute Gasteiger partial charge is 0.348 e. The standard InChI is InChI=1S/C16H21N3O4S/c1-4-6-11-17-13(23-19-11)8-7-12(20)18-14-9-10(3)15(24-14)16(21)22-5-2/h9H,4-8H2,1-3H3,(H,18,20). The van der Waals surface area contributed by atoms with Crippen molar-refractivity contribution in [3.05, 3.63) is 28.2 Å². The van der Waals surface area contributed by atoms with Crippen molar-refractivity contribution in [1.29, 1.82) is 0 Å². The lowest BCUT2D eigenvalue weighted by Gasteiger charge is -2.00. The fraction of sp³-hybridized carbons (Fsp3) is 0.500. The SMILES string of the molecule is CCCc1noc(CCC(=O)Nc2cc(C)c(C(=O)OCC)s2)n1. The molecule has 0 atom stereocenters. The monoisotopic (exact) mass is 351 g/mol. The highest BCUT2D eigenvalue weighted by Crippen LogP contribution is 2.27. The van der Waals surface area contributed by atoms with Crippen LogP contribution in [0.3, 0.4) is 0 Å². The molecule has 0 aliphatic rings. The Kier molecular flexibility index (Phi) is 6.48. The quantitative estimate of drug-likeness (QED) is 0.734. The fourth-order valence-electron chi connectivity index (χ4n) is 2.08. The molecule has 0 fully saturated rings. The van der Waals surface area contributed by atoms with E-state index in [-0.39, 0.29) is 18.3 Å². The molecule has 24 heavy (non-hydrogen) atoms. The highest BCUT2D eigenvalue weighted by molar-refractivity contribution is 7.18. The van der Waals surface area contributed by atoms with Gasteiger partial charge in [0, 0.05) is 19.3 Å². The van der Waals surface area contributed by atoms with E-state index >= 15 is 0 Å². The van der Waals surface area contributed by atoms with E-state index in [0.29, 0.717) is 34.6 Å². The average molecular weight is 351 g/mol. The summed E-state index contributed by atoms with van der Waals surface area (Å²) in [4.78, 5) is 28.5. The Balaban J connectivity index is 1.87. The van der Waals surface area contributed by atoms with Gasteiger partial charge in [0.05, 0.1) is 11.6 Å². The molecule has 2 heterocycles. The van der Waals surface area contributed by atoms with Gasteiger partial charge in [0.25, 0.3) is 0 Å². The number of anilines is 1. The molecule has 0 unspecified atom stereocenters. The summed E-state index contributed by atoms with van der Waals surface area (Å²) >= 11 is 1.21. The Hall–Kier alpha value is -2.22. The Morgan fingerprint density at radius 2 is 2.12 bits per heavy atom. The van der Waals surface area contributed by atoms with Gasteiger partial charge in [-0.1, -0.05) is 12.1 Å². The normalized spacial score (nSPS) is 10.6. The number of ether oxygens (including phenoxy) is 1. The maximum absolute atomic E-state index is 12.0. The van der Waals surface area contributed by atoms with E-state index in [1.54, 1.807) is 13.0 Å². The molecule has 0 aliphatic heterocycles. The molecule has 0 radical (unpaired) electrons. The van der Waals surface area contributed by atoms with Crippen LogP contribution in [-0.2, 0) is 22.4 Å². The predicted molar refractivity (Wildman–Crippen MR) is 90.3 cm³/mol. The molecule has 0 saturated carbocycles. The van der Waals surface area contributed by atoms with E-state index in [0.717, 1.165) is 18.4 Å². The number of nitrogens with zero attached hydrogens (tertiary/aromatic N) is 2. The summed E-state index contributed by atoms with van der Waals surface area (Å²) in [7, 11) is 0. The minimum absolute atomic E-state index is 0.165.